The zero-order valence-corrected chi connectivity index (χ0v) is 10.3. The second-order valence-corrected chi connectivity index (χ2v) is 4.91. The number of nitrogens with one attached hydrogen (secondary N) is 1. The van der Waals surface area contributed by atoms with E-state index in [0.717, 1.165) is 24.3 Å². The van der Waals surface area contributed by atoms with Gasteiger partial charge in [0.2, 0.25) is 0 Å². The Hall–Kier alpha value is -0.570. The van der Waals surface area contributed by atoms with Crippen LogP contribution in [-0.2, 0) is 6.42 Å². The first kappa shape index (κ1) is 11.9. The molecule has 2 rings (SSSR count). The van der Waals surface area contributed by atoms with Crippen LogP contribution in [0.25, 0.3) is 0 Å². The third kappa shape index (κ3) is 2.40. The summed E-state index contributed by atoms with van der Waals surface area (Å²) in [5, 5.41) is 13.4. The SMILES string of the molecule is CC(CO)NC1CCCc2c(Cl)cccc21. The van der Waals surface area contributed by atoms with Crippen molar-refractivity contribution in [1.82, 2.24) is 5.32 Å². The molecule has 1 aliphatic carbocycles. The number of aliphatic hydroxyl groups excluding tert-OH is 1. The van der Waals surface area contributed by atoms with E-state index in [1.54, 1.807) is 0 Å². The molecule has 2 N–H and O–H groups in total. The summed E-state index contributed by atoms with van der Waals surface area (Å²) in [4.78, 5) is 0. The Bertz CT molecular complexity index is 367. The van der Waals surface area contributed by atoms with Gasteiger partial charge < -0.3 is 10.4 Å². The summed E-state index contributed by atoms with van der Waals surface area (Å²) >= 11 is 6.20. The monoisotopic (exact) mass is 239 g/mol. The second-order valence-electron chi connectivity index (χ2n) is 4.50. The number of benzene rings is 1. The fraction of sp³-hybridized carbons (Fsp3) is 0.538. The van der Waals surface area contributed by atoms with Gasteiger partial charge >= 0.3 is 0 Å². The van der Waals surface area contributed by atoms with Crippen LogP contribution in [0.15, 0.2) is 18.2 Å². The minimum absolute atomic E-state index is 0.134. The second kappa shape index (κ2) is 5.17. The number of rotatable bonds is 3. The molecule has 1 aromatic rings. The van der Waals surface area contributed by atoms with Gasteiger partial charge in [0, 0.05) is 17.1 Å². The molecule has 0 radical (unpaired) electrons. The van der Waals surface area contributed by atoms with Crippen molar-refractivity contribution in [2.24, 2.45) is 0 Å². The number of hydrogen-bond donors (Lipinski definition) is 2. The van der Waals surface area contributed by atoms with Crippen molar-refractivity contribution in [3.05, 3.63) is 34.3 Å². The van der Waals surface area contributed by atoms with Gasteiger partial charge in [-0.25, -0.2) is 0 Å². The topological polar surface area (TPSA) is 32.3 Å². The van der Waals surface area contributed by atoms with E-state index in [9.17, 15) is 0 Å². The van der Waals surface area contributed by atoms with Crippen molar-refractivity contribution in [3.63, 3.8) is 0 Å². The summed E-state index contributed by atoms with van der Waals surface area (Å²) in [7, 11) is 0. The fourth-order valence-corrected chi connectivity index (χ4v) is 2.65. The Kier molecular flexibility index (Phi) is 3.85. The highest BCUT2D eigenvalue weighted by Gasteiger charge is 2.22. The van der Waals surface area contributed by atoms with E-state index in [0.29, 0.717) is 6.04 Å². The molecular weight excluding hydrogens is 222 g/mol. The molecule has 3 heteroatoms. The zero-order valence-electron chi connectivity index (χ0n) is 9.54. The molecule has 2 nitrogen and oxygen atoms in total. The van der Waals surface area contributed by atoms with Gasteiger partial charge in [-0.2, -0.15) is 0 Å². The Labute approximate surface area is 102 Å². The van der Waals surface area contributed by atoms with Gasteiger partial charge in [-0.05, 0) is 43.4 Å². The number of fused-ring (bicyclic) bond motifs is 1. The van der Waals surface area contributed by atoms with E-state index in [4.69, 9.17) is 16.7 Å². The van der Waals surface area contributed by atoms with Gasteiger partial charge in [-0.1, -0.05) is 23.7 Å². The Morgan fingerprint density at radius 2 is 2.38 bits per heavy atom. The lowest BCUT2D eigenvalue weighted by molar-refractivity contribution is 0.236. The minimum atomic E-state index is 0.134. The van der Waals surface area contributed by atoms with Crippen LogP contribution in [0.3, 0.4) is 0 Å². The Morgan fingerprint density at radius 1 is 1.56 bits per heavy atom. The maximum Gasteiger partial charge on any atom is 0.0582 e. The molecule has 0 saturated heterocycles. The summed E-state index contributed by atoms with van der Waals surface area (Å²) in [6.45, 7) is 2.17. The first-order valence-electron chi connectivity index (χ1n) is 5.86. The van der Waals surface area contributed by atoms with Gasteiger partial charge in [-0.3, -0.25) is 0 Å². The Balaban J connectivity index is 2.23. The van der Waals surface area contributed by atoms with Crippen LogP contribution >= 0.6 is 11.6 Å². The zero-order chi connectivity index (χ0) is 11.5. The van der Waals surface area contributed by atoms with Crippen molar-refractivity contribution >= 4 is 11.6 Å². The number of aliphatic hydroxyl groups is 1. The largest absolute Gasteiger partial charge is 0.395 e. The maximum absolute atomic E-state index is 9.08. The molecule has 16 heavy (non-hydrogen) atoms. The summed E-state index contributed by atoms with van der Waals surface area (Å²) in [6, 6.07) is 6.57. The predicted octanol–water partition coefficient (Wildman–Crippen LogP) is 2.69. The smallest absolute Gasteiger partial charge is 0.0582 e. The van der Waals surface area contributed by atoms with Crippen LogP contribution in [0, 0.1) is 0 Å². The summed E-state index contributed by atoms with van der Waals surface area (Å²) < 4.78 is 0. The third-order valence-corrected chi connectivity index (χ3v) is 3.56. The molecular formula is C13H18ClNO. The standard InChI is InChI=1S/C13H18ClNO/c1-9(8-16)15-13-7-3-4-10-11(13)5-2-6-12(10)14/h2,5-6,9,13,15-16H,3-4,7-8H2,1H3. The molecule has 2 unspecified atom stereocenters. The van der Waals surface area contributed by atoms with E-state index >= 15 is 0 Å². The van der Waals surface area contributed by atoms with Crippen LogP contribution < -0.4 is 5.32 Å². The lowest BCUT2D eigenvalue weighted by atomic mass is 9.87. The average Bonchev–Trinajstić information content (AvgIpc) is 2.30. The number of hydrogen-bond acceptors (Lipinski definition) is 2. The van der Waals surface area contributed by atoms with E-state index in [-0.39, 0.29) is 12.6 Å². The van der Waals surface area contributed by atoms with Crippen LogP contribution in [-0.4, -0.2) is 17.8 Å². The van der Waals surface area contributed by atoms with Crippen molar-refractivity contribution in [1.29, 1.82) is 0 Å². The summed E-state index contributed by atoms with van der Waals surface area (Å²) in [6.07, 6.45) is 3.35. The van der Waals surface area contributed by atoms with Crippen molar-refractivity contribution in [3.8, 4) is 0 Å². The fourth-order valence-electron chi connectivity index (χ4n) is 2.37. The molecule has 0 saturated carbocycles. The molecule has 1 aromatic carbocycles. The normalized spacial score (nSPS) is 21.6. The third-order valence-electron chi connectivity index (χ3n) is 3.21. The molecule has 88 valence electrons. The highest BCUT2D eigenvalue weighted by molar-refractivity contribution is 6.31. The van der Waals surface area contributed by atoms with Crippen molar-refractivity contribution in [2.75, 3.05) is 6.61 Å². The van der Waals surface area contributed by atoms with Gasteiger partial charge in [-0.15, -0.1) is 0 Å². The summed E-state index contributed by atoms with van der Waals surface area (Å²) in [5.41, 5.74) is 2.58. The van der Waals surface area contributed by atoms with Crippen molar-refractivity contribution < 1.29 is 5.11 Å². The first-order chi connectivity index (χ1) is 7.72. The first-order valence-corrected chi connectivity index (χ1v) is 6.24. The molecule has 1 aliphatic rings. The van der Waals surface area contributed by atoms with Gasteiger partial charge in [0.05, 0.1) is 6.61 Å². The number of halogens is 1. The minimum Gasteiger partial charge on any atom is -0.395 e. The van der Waals surface area contributed by atoms with Gasteiger partial charge in [0.1, 0.15) is 0 Å². The molecule has 2 atom stereocenters. The highest BCUT2D eigenvalue weighted by Crippen LogP contribution is 2.33. The van der Waals surface area contributed by atoms with E-state index < -0.39 is 0 Å². The maximum atomic E-state index is 9.08. The Morgan fingerprint density at radius 3 is 3.12 bits per heavy atom. The molecule has 0 bridgehead atoms. The molecule has 0 aliphatic heterocycles. The molecule has 0 spiro atoms. The van der Waals surface area contributed by atoms with Crippen LogP contribution in [0.1, 0.15) is 36.9 Å². The quantitative estimate of drug-likeness (QED) is 0.850. The van der Waals surface area contributed by atoms with E-state index in [2.05, 4.69) is 11.4 Å². The van der Waals surface area contributed by atoms with Crippen molar-refractivity contribution in [2.45, 2.75) is 38.3 Å². The van der Waals surface area contributed by atoms with Gasteiger partial charge in [0.25, 0.3) is 0 Å². The van der Waals surface area contributed by atoms with Crippen LogP contribution in [0.4, 0.5) is 0 Å². The van der Waals surface area contributed by atoms with E-state index in [1.165, 1.54) is 11.1 Å². The van der Waals surface area contributed by atoms with Gasteiger partial charge in [0.15, 0.2) is 0 Å². The summed E-state index contributed by atoms with van der Waals surface area (Å²) in [5.74, 6) is 0. The highest BCUT2D eigenvalue weighted by atomic mass is 35.5. The van der Waals surface area contributed by atoms with Crippen LogP contribution in [0.5, 0.6) is 0 Å². The molecule has 0 fully saturated rings. The van der Waals surface area contributed by atoms with Crippen LogP contribution in [0.2, 0.25) is 5.02 Å². The molecule has 0 amide bonds. The average molecular weight is 240 g/mol. The van der Waals surface area contributed by atoms with E-state index in [1.807, 2.05) is 19.1 Å². The lowest BCUT2D eigenvalue weighted by Crippen LogP contribution is -2.35. The molecule has 0 aromatic heterocycles. The molecule has 0 heterocycles. The predicted molar refractivity (Wildman–Crippen MR) is 66.8 cm³/mol. The lowest BCUT2D eigenvalue weighted by Gasteiger charge is -2.29.